The highest BCUT2D eigenvalue weighted by Crippen LogP contribution is 2.35. The first-order chi connectivity index (χ1) is 11.4. The molecule has 1 aliphatic rings. The molecule has 24 heavy (non-hydrogen) atoms. The lowest BCUT2D eigenvalue weighted by Gasteiger charge is -2.02. The van der Waals surface area contributed by atoms with Crippen LogP contribution < -0.4 is 10.6 Å². The van der Waals surface area contributed by atoms with Gasteiger partial charge in [-0.2, -0.15) is 0 Å². The Morgan fingerprint density at radius 1 is 1.33 bits per heavy atom. The van der Waals surface area contributed by atoms with Gasteiger partial charge in [0.2, 0.25) is 5.91 Å². The topological polar surface area (TPSA) is 74.0 Å². The number of H-pyrrole nitrogens is 1. The van der Waals surface area contributed by atoms with E-state index in [4.69, 9.17) is 0 Å². The minimum atomic E-state index is -0.408. The van der Waals surface area contributed by atoms with Gasteiger partial charge in [0.05, 0.1) is 11.3 Å². The molecule has 0 bridgehead atoms. The van der Waals surface area contributed by atoms with Crippen LogP contribution in [0.25, 0.3) is 11.6 Å². The molecule has 5 nitrogen and oxygen atoms in total. The third kappa shape index (κ3) is 2.62. The van der Waals surface area contributed by atoms with E-state index in [2.05, 4.69) is 22.2 Å². The molecule has 0 fully saturated rings. The first-order valence-corrected chi connectivity index (χ1v) is 7.36. The number of aryl methyl sites for hydroxylation is 1. The van der Waals surface area contributed by atoms with E-state index in [1.165, 1.54) is 24.3 Å². The predicted molar refractivity (Wildman–Crippen MR) is 92.0 cm³/mol. The lowest BCUT2D eigenvalue weighted by molar-refractivity contribution is -0.112. The Morgan fingerprint density at radius 3 is 2.79 bits per heavy atom. The SMILES string of the molecule is C=CC(=O)Nc1c(C)[nH]c(C=C2C(=O)Nc3ccc(F)cc32)c1C. The fraction of sp³-hybridized carbons (Fsp3) is 0.111. The largest absolute Gasteiger partial charge is 0.357 e. The molecule has 0 unspecified atom stereocenters. The lowest BCUT2D eigenvalue weighted by atomic mass is 10.0. The third-order valence-corrected chi connectivity index (χ3v) is 3.96. The zero-order chi connectivity index (χ0) is 17.4. The molecular weight excluding hydrogens is 309 g/mol. The molecule has 122 valence electrons. The van der Waals surface area contributed by atoms with Gasteiger partial charge < -0.3 is 15.6 Å². The highest BCUT2D eigenvalue weighted by molar-refractivity contribution is 6.34. The minimum Gasteiger partial charge on any atom is -0.357 e. The molecule has 2 amide bonds. The van der Waals surface area contributed by atoms with Crippen molar-refractivity contribution in [3.05, 3.63) is 59.2 Å². The van der Waals surface area contributed by atoms with Crippen molar-refractivity contribution in [2.75, 3.05) is 10.6 Å². The average molecular weight is 325 g/mol. The Hall–Kier alpha value is -3.15. The third-order valence-electron chi connectivity index (χ3n) is 3.96. The minimum absolute atomic E-state index is 0.293. The van der Waals surface area contributed by atoms with Crippen molar-refractivity contribution in [2.24, 2.45) is 0 Å². The summed E-state index contributed by atoms with van der Waals surface area (Å²) in [5.41, 5.74) is 4.33. The van der Waals surface area contributed by atoms with E-state index in [0.29, 0.717) is 28.2 Å². The summed E-state index contributed by atoms with van der Waals surface area (Å²) in [6.45, 7) is 7.07. The van der Waals surface area contributed by atoms with E-state index < -0.39 is 5.82 Å². The molecule has 0 saturated heterocycles. The van der Waals surface area contributed by atoms with Gasteiger partial charge >= 0.3 is 0 Å². The first-order valence-electron chi connectivity index (χ1n) is 7.36. The van der Waals surface area contributed by atoms with E-state index in [0.717, 1.165) is 11.3 Å². The monoisotopic (exact) mass is 325 g/mol. The van der Waals surface area contributed by atoms with Crippen molar-refractivity contribution < 1.29 is 14.0 Å². The van der Waals surface area contributed by atoms with E-state index in [1.807, 2.05) is 13.8 Å². The first kappa shape index (κ1) is 15.7. The van der Waals surface area contributed by atoms with Crippen molar-refractivity contribution in [1.29, 1.82) is 0 Å². The summed E-state index contributed by atoms with van der Waals surface area (Å²) in [7, 11) is 0. The second kappa shape index (κ2) is 5.81. The number of hydrogen-bond acceptors (Lipinski definition) is 2. The number of nitrogens with one attached hydrogen (secondary N) is 3. The zero-order valence-electron chi connectivity index (χ0n) is 13.3. The number of halogens is 1. The van der Waals surface area contributed by atoms with E-state index in [9.17, 15) is 14.0 Å². The van der Waals surface area contributed by atoms with Crippen molar-refractivity contribution in [3.63, 3.8) is 0 Å². The van der Waals surface area contributed by atoms with Crippen LogP contribution in [0.5, 0.6) is 0 Å². The summed E-state index contributed by atoms with van der Waals surface area (Å²) < 4.78 is 13.5. The van der Waals surface area contributed by atoms with Gasteiger partial charge in [0.15, 0.2) is 0 Å². The number of anilines is 2. The predicted octanol–water partition coefficient (Wildman–Crippen LogP) is 3.39. The Morgan fingerprint density at radius 2 is 2.08 bits per heavy atom. The second-order valence-electron chi connectivity index (χ2n) is 5.56. The fourth-order valence-corrected chi connectivity index (χ4v) is 2.73. The van der Waals surface area contributed by atoms with Crippen LogP contribution in [0.4, 0.5) is 15.8 Å². The van der Waals surface area contributed by atoms with Crippen molar-refractivity contribution in [3.8, 4) is 0 Å². The summed E-state index contributed by atoms with van der Waals surface area (Å²) in [6.07, 6.45) is 2.85. The smallest absolute Gasteiger partial charge is 0.256 e. The molecule has 6 heteroatoms. The number of benzene rings is 1. The Bertz CT molecular complexity index is 909. The van der Waals surface area contributed by atoms with Crippen molar-refractivity contribution >= 4 is 34.8 Å². The zero-order valence-corrected chi connectivity index (χ0v) is 13.3. The maximum Gasteiger partial charge on any atom is 0.256 e. The van der Waals surface area contributed by atoms with Crippen molar-refractivity contribution in [1.82, 2.24) is 4.98 Å². The lowest BCUT2D eigenvalue weighted by Crippen LogP contribution is -2.08. The molecule has 1 aliphatic heterocycles. The van der Waals surface area contributed by atoms with Crippen LogP contribution in [-0.2, 0) is 9.59 Å². The van der Waals surface area contributed by atoms with Gasteiger partial charge in [-0.15, -0.1) is 0 Å². The number of carbonyl (C=O) groups excluding carboxylic acids is 2. The number of carbonyl (C=O) groups is 2. The number of aromatic nitrogens is 1. The van der Waals surface area contributed by atoms with Crippen LogP contribution in [0, 0.1) is 19.7 Å². The van der Waals surface area contributed by atoms with Crippen LogP contribution in [0.15, 0.2) is 30.9 Å². The molecular formula is C18H16FN3O2. The van der Waals surface area contributed by atoms with Crippen LogP contribution in [0.1, 0.15) is 22.5 Å². The van der Waals surface area contributed by atoms with E-state index in [1.54, 1.807) is 6.08 Å². The van der Waals surface area contributed by atoms with Gasteiger partial charge in [-0.3, -0.25) is 9.59 Å². The number of aromatic amines is 1. The fourth-order valence-electron chi connectivity index (χ4n) is 2.73. The number of rotatable bonds is 3. The van der Waals surface area contributed by atoms with Crippen LogP contribution in [0.2, 0.25) is 0 Å². The van der Waals surface area contributed by atoms with Crippen LogP contribution >= 0.6 is 0 Å². The van der Waals surface area contributed by atoms with E-state index >= 15 is 0 Å². The Labute approximate surface area is 138 Å². The normalized spacial score (nSPS) is 14.5. The highest BCUT2D eigenvalue weighted by Gasteiger charge is 2.25. The van der Waals surface area contributed by atoms with Gasteiger partial charge in [-0.25, -0.2) is 4.39 Å². The molecule has 0 atom stereocenters. The summed E-state index contributed by atoms with van der Waals surface area (Å²) in [5.74, 6) is -1.01. The molecule has 3 rings (SSSR count). The summed E-state index contributed by atoms with van der Waals surface area (Å²) >= 11 is 0. The average Bonchev–Trinajstić information content (AvgIpc) is 2.99. The second-order valence-corrected chi connectivity index (χ2v) is 5.56. The summed E-state index contributed by atoms with van der Waals surface area (Å²) in [6, 6.07) is 4.16. The van der Waals surface area contributed by atoms with Crippen LogP contribution in [0.3, 0.4) is 0 Å². The summed E-state index contributed by atoms with van der Waals surface area (Å²) in [5, 5.41) is 5.44. The van der Waals surface area contributed by atoms with Gasteiger partial charge in [0.25, 0.3) is 5.91 Å². The van der Waals surface area contributed by atoms with Gasteiger partial charge in [-0.05, 0) is 49.8 Å². The molecule has 0 aliphatic carbocycles. The van der Waals surface area contributed by atoms with Crippen LogP contribution in [-0.4, -0.2) is 16.8 Å². The van der Waals surface area contributed by atoms with Gasteiger partial charge in [0, 0.05) is 22.6 Å². The Balaban J connectivity index is 2.06. The number of amides is 2. The molecule has 0 saturated carbocycles. The molecule has 2 aromatic rings. The quantitative estimate of drug-likeness (QED) is 0.757. The highest BCUT2D eigenvalue weighted by atomic mass is 19.1. The van der Waals surface area contributed by atoms with Crippen molar-refractivity contribution in [2.45, 2.75) is 13.8 Å². The molecule has 0 radical (unpaired) electrons. The molecule has 3 N–H and O–H groups in total. The Kier molecular flexibility index (Phi) is 3.81. The number of hydrogen-bond donors (Lipinski definition) is 3. The number of fused-ring (bicyclic) bond motifs is 1. The summed E-state index contributed by atoms with van der Waals surface area (Å²) in [4.78, 5) is 26.8. The molecule has 1 aromatic heterocycles. The molecule has 0 spiro atoms. The van der Waals surface area contributed by atoms with E-state index in [-0.39, 0.29) is 11.8 Å². The standard InChI is InChI=1S/C18H16FN3O2/c1-4-16(23)22-17-9(2)15(20-10(17)3)8-13-12-7-11(19)5-6-14(12)21-18(13)24/h4-8,20H,1H2,2-3H3,(H,21,24)(H,22,23). The van der Waals surface area contributed by atoms with Gasteiger partial charge in [0.1, 0.15) is 5.82 Å². The molecule has 1 aromatic carbocycles. The maximum atomic E-state index is 13.5. The van der Waals surface area contributed by atoms with Gasteiger partial charge in [-0.1, -0.05) is 6.58 Å². The maximum absolute atomic E-state index is 13.5. The molecule has 2 heterocycles.